The number of rotatable bonds is 9. The molecule has 0 aromatic heterocycles. The minimum atomic E-state index is -0.588. The van der Waals surface area contributed by atoms with E-state index in [9.17, 15) is 19.2 Å². The van der Waals surface area contributed by atoms with Crippen LogP contribution in [0, 0.1) is 11.8 Å². The van der Waals surface area contributed by atoms with Crippen LogP contribution in [0.1, 0.15) is 43.0 Å². The van der Waals surface area contributed by atoms with Gasteiger partial charge >= 0.3 is 23.9 Å². The summed E-state index contributed by atoms with van der Waals surface area (Å²) in [7, 11) is 0. The van der Waals surface area contributed by atoms with Gasteiger partial charge in [0.1, 0.15) is 24.7 Å². The Morgan fingerprint density at radius 3 is 1.74 bits per heavy atom. The average Bonchev–Trinajstić information content (AvgIpc) is 2.87. The molecular weight excluding hydrogens is 452 g/mol. The molecule has 0 unspecified atom stereocenters. The van der Waals surface area contributed by atoms with E-state index in [0.717, 1.165) is 0 Å². The number of benzene rings is 2. The lowest BCUT2D eigenvalue weighted by Crippen LogP contribution is -2.30. The third kappa shape index (κ3) is 7.81. The van der Waals surface area contributed by atoms with Crippen molar-refractivity contribution in [3.63, 3.8) is 0 Å². The monoisotopic (exact) mass is 480 g/mol. The first-order valence-corrected chi connectivity index (χ1v) is 11.4. The molecule has 184 valence electrons. The SMILES string of the molecule is C=C(C)C(=O)OCCOC(=O)c1ccc(OC(=O)C2CCC(C(=O)Oc3ccccc3)CC2)cc1. The van der Waals surface area contributed by atoms with Crippen molar-refractivity contribution in [2.75, 3.05) is 13.2 Å². The van der Waals surface area contributed by atoms with Crippen molar-refractivity contribution < 1.29 is 38.1 Å². The molecule has 0 atom stereocenters. The number of carbonyl (C=O) groups is 4. The minimum absolute atomic E-state index is 0.0701. The number of esters is 4. The van der Waals surface area contributed by atoms with Gasteiger partial charge in [0.05, 0.1) is 17.4 Å². The van der Waals surface area contributed by atoms with E-state index in [-0.39, 0.29) is 48.1 Å². The zero-order valence-electron chi connectivity index (χ0n) is 19.6. The molecule has 35 heavy (non-hydrogen) atoms. The second-order valence-electron chi connectivity index (χ2n) is 8.28. The number of hydrogen-bond donors (Lipinski definition) is 0. The summed E-state index contributed by atoms with van der Waals surface area (Å²) < 4.78 is 20.8. The van der Waals surface area contributed by atoms with E-state index in [1.165, 1.54) is 31.2 Å². The summed E-state index contributed by atoms with van der Waals surface area (Å²) in [4.78, 5) is 48.3. The van der Waals surface area contributed by atoms with Crippen LogP contribution in [-0.4, -0.2) is 37.1 Å². The van der Waals surface area contributed by atoms with E-state index < -0.39 is 11.9 Å². The van der Waals surface area contributed by atoms with Crippen LogP contribution >= 0.6 is 0 Å². The Hall–Kier alpha value is -3.94. The van der Waals surface area contributed by atoms with E-state index in [1.54, 1.807) is 24.3 Å². The van der Waals surface area contributed by atoms with E-state index in [0.29, 0.717) is 37.2 Å². The van der Waals surface area contributed by atoms with Crippen molar-refractivity contribution >= 4 is 23.9 Å². The van der Waals surface area contributed by atoms with Gasteiger partial charge in [-0.1, -0.05) is 24.8 Å². The lowest BCUT2D eigenvalue weighted by molar-refractivity contribution is -0.145. The average molecular weight is 481 g/mol. The van der Waals surface area contributed by atoms with Crippen LogP contribution in [0.25, 0.3) is 0 Å². The Balaban J connectivity index is 1.40. The molecule has 1 saturated carbocycles. The molecule has 0 saturated heterocycles. The van der Waals surface area contributed by atoms with Crippen molar-refractivity contribution in [1.82, 2.24) is 0 Å². The predicted octanol–water partition coefficient (Wildman–Crippen LogP) is 4.28. The molecule has 0 N–H and O–H groups in total. The summed E-state index contributed by atoms with van der Waals surface area (Å²) in [5.74, 6) is -1.50. The molecule has 2 aromatic carbocycles. The maximum absolute atomic E-state index is 12.6. The summed E-state index contributed by atoms with van der Waals surface area (Å²) in [6.07, 6.45) is 2.18. The molecule has 1 aliphatic rings. The highest BCUT2D eigenvalue weighted by Crippen LogP contribution is 2.31. The molecule has 3 rings (SSSR count). The normalized spacial score (nSPS) is 17.1. The van der Waals surface area contributed by atoms with Gasteiger partial charge in [-0.25, -0.2) is 9.59 Å². The summed E-state index contributed by atoms with van der Waals surface area (Å²) in [6.45, 7) is 4.83. The maximum Gasteiger partial charge on any atom is 0.338 e. The van der Waals surface area contributed by atoms with E-state index in [1.807, 2.05) is 6.07 Å². The first-order valence-electron chi connectivity index (χ1n) is 11.4. The molecule has 0 aliphatic heterocycles. The number of ether oxygens (including phenoxy) is 4. The number of para-hydroxylation sites is 1. The van der Waals surface area contributed by atoms with Crippen molar-refractivity contribution in [3.8, 4) is 11.5 Å². The zero-order chi connectivity index (χ0) is 25.2. The lowest BCUT2D eigenvalue weighted by Gasteiger charge is -2.25. The highest BCUT2D eigenvalue weighted by molar-refractivity contribution is 5.89. The van der Waals surface area contributed by atoms with Crippen LogP contribution in [0.15, 0.2) is 66.7 Å². The summed E-state index contributed by atoms with van der Waals surface area (Å²) >= 11 is 0. The second-order valence-corrected chi connectivity index (χ2v) is 8.28. The van der Waals surface area contributed by atoms with Gasteiger partial charge < -0.3 is 18.9 Å². The highest BCUT2D eigenvalue weighted by atomic mass is 16.6. The first kappa shape index (κ1) is 25.7. The Morgan fingerprint density at radius 2 is 1.23 bits per heavy atom. The van der Waals surface area contributed by atoms with Gasteiger partial charge in [-0.05, 0) is 69.0 Å². The molecule has 0 bridgehead atoms. The van der Waals surface area contributed by atoms with Gasteiger partial charge in [0.25, 0.3) is 0 Å². The Morgan fingerprint density at radius 1 is 0.743 bits per heavy atom. The van der Waals surface area contributed by atoms with Crippen molar-refractivity contribution in [2.45, 2.75) is 32.6 Å². The Bertz CT molecular complexity index is 1050. The molecule has 8 heteroatoms. The van der Waals surface area contributed by atoms with Crippen LogP contribution in [0.3, 0.4) is 0 Å². The molecule has 1 aliphatic carbocycles. The van der Waals surface area contributed by atoms with E-state index in [4.69, 9.17) is 18.9 Å². The molecule has 1 fully saturated rings. The second kappa shape index (κ2) is 12.5. The van der Waals surface area contributed by atoms with E-state index >= 15 is 0 Å². The van der Waals surface area contributed by atoms with E-state index in [2.05, 4.69) is 6.58 Å². The predicted molar refractivity (Wildman–Crippen MR) is 126 cm³/mol. The topological polar surface area (TPSA) is 105 Å². The molecule has 0 amide bonds. The van der Waals surface area contributed by atoms with Crippen LogP contribution in [-0.2, 0) is 23.9 Å². The van der Waals surface area contributed by atoms with Gasteiger partial charge in [0, 0.05) is 5.57 Å². The van der Waals surface area contributed by atoms with Crippen molar-refractivity contribution in [2.24, 2.45) is 11.8 Å². The van der Waals surface area contributed by atoms with Crippen molar-refractivity contribution in [3.05, 3.63) is 72.3 Å². The van der Waals surface area contributed by atoms with Crippen LogP contribution < -0.4 is 9.47 Å². The van der Waals surface area contributed by atoms with Gasteiger partial charge in [-0.15, -0.1) is 0 Å². The third-order valence-electron chi connectivity index (χ3n) is 5.56. The zero-order valence-corrected chi connectivity index (χ0v) is 19.6. The Labute approximate surface area is 203 Å². The van der Waals surface area contributed by atoms with Crippen LogP contribution in [0.2, 0.25) is 0 Å². The smallest absolute Gasteiger partial charge is 0.338 e. The van der Waals surface area contributed by atoms with Crippen molar-refractivity contribution in [1.29, 1.82) is 0 Å². The summed E-state index contributed by atoms with van der Waals surface area (Å²) in [5, 5.41) is 0. The third-order valence-corrected chi connectivity index (χ3v) is 5.56. The fourth-order valence-corrected chi connectivity index (χ4v) is 3.59. The molecule has 0 heterocycles. The van der Waals surface area contributed by atoms with Gasteiger partial charge in [-0.2, -0.15) is 0 Å². The highest BCUT2D eigenvalue weighted by Gasteiger charge is 2.32. The molecular formula is C27H28O8. The Kier molecular flexibility index (Phi) is 9.17. The standard InChI is InChI=1S/C27H28O8/c1-18(2)24(28)32-16-17-33-25(29)19-12-14-23(15-13-19)35-27(31)21-10-8-20(9-11-21)26(30)34-22-6-4-3-5-7-22/h3-7,12-15,20-21H,1,8-11,16-17H2,2H3. The number of carbonyl (C=O) groups excluding carboxylic acids is 4. The minimum Gasteiger partial charge on any atom is -0.459 e. The van der Waals surface area contributed by atoms with Crippen LogP contribution in [0.4, 0.5) is 0 Å². The quantitative estimate of drug-likeness (QED) is 0.227. The molecule has 8 nitrogen and oxygen atoms in total. The van der Waals surface area contributed by atoms with Gasteiger partial charge in [-0.3, -0.25) is 9.59 Å². The molecule has 0 spiro atoms. The fraction of sp³-hybridized carbons (Fsp3) is 0.333. The lowest BCUT2D eigenvalue weighted by atomic mass is 9.82. The van der Waals surface area contributed by atoms with Crippen LogP contribution in [0.5, 0.6) is 11.5 Å². The number of hydrogen-bond acceptors (Lipinski definition) is 8. The fourth-order valence-electron chi connectivity index (χ4n) is 3.59. The van der Waals surface area contributed by atoms with Gasteiger partial charge in [0.15, 0.2) is 0 Å². The molecule has 0 radical (unpaired) electrons. The largest absolute Gasteiger partial charge is 0.459 e. The first-order chi connectivity index (χ1) is 16.8. The summed E-state index contributed by atoms with van der Waals surface area (Å²) in [5.41, 5.74) is 0.536. The molecule has 2 aromatic rings. The van der Waals surface area contributed by atoms with Gasteiger partial charge in [0.2, 0.25) is 0 Å². The maximum atomic E-state index is 12.6. The summed E-state index contributed by atoms with van der Waals surface area (Å²) in [6, 6.07) is 14.9.